The second kappa shape index (κ2) is 10.6. The SMILES string of the molecule is CC(C)CN=C(N)Nc1cc(N(C)C)c2c(c1O)C(O)=C1C(=O)[C@]3(O)C(O)=C(C(N)O)C(=O)[C@@H](N(C)C)[C@@H]3C[C@@H]1C2. The van der Waals surface area contributed by atoms with Gasteiger partial charge in [-0.05, 0) is 50.4 Å². The van der Waals surface area contributed by atoms with Crippen LogP contribution in [0.3, 0.4) is 0 Å². The molecule has 0 amide bonds. The van der Waals surface area contributed by atoms with Gasteiger partial charge in [0.2, 0.25) is 5.78 Å². The fourth-order valence-electron chi connectivity index (χ4n) is 6.32. The summed E-state index contributed by atoms with van der Waals surface area (Å²) >= 11 is 0. The Morgan fingerprint density at radius 3 is 2.37 bits per heavy atom. The molecule has 3 aliphatic rings. The number of hydrogen-bond acceptors (Lipinski definition) is 11. The summed E-state index contributed by atoms with van der Waals surface area (Å²) < 4.78 is 0. The first kappa shape index (κ1) is 30.3. The number of nitrogens with zero attached hydrogens (tertiary/aromatic N) is 3. The highest BCUT2D eigenvalue weighted by atomic mass is 16.4. The number of anilines is 2. The number of carbonyl (C=O) groups is 2. The number of aliphatic hydroxyl groups is 4. The third-order valence-electron chi connectivity index (χ3n) is 8.16. The number of phenols is 1. The molecule has 1 fully saturated rings. The molecule has 0 spiro atoms. The Balaban J connectivity index is 1.93. The van der Waals surface area contributed by atoms with E-state index in [1.165, 1.54) is 4.90 Å². The van der Waals surface area contributed by atoms with E-state index in [1.54, 1.807) is 39.2 Å². The Morgan fingerprint density at radius 2 is 1.83 bits per heavy atom. The molecule has 41 heavy (non-hydrogen) atoms. The molecule has 1 aromatic rings. The zero-order valence-corrected chi connectivity index (χ0v) is 24.1. The molecule has 1 saturated carbocycles. The molecule has 0 bridgehead atoms. The lowest BCUT2D eigenvalue weighted by atomic mass is 9.57. The lowest BCUT2D eigenvalue weighted by molar-refractivity contribution is -0.154. The van der Waals surface area contributed by atoms with Crippen LogP contribution in [0.1, 0.15) is 31.4 Å². The van der Waals surface area contributed by atoms with Gasteiger partial charge in [-0.3, -0.25) is 19.5 Å². The normalized spacial score (nSPS) is 27.2. The fraction of sp³-hybridized carbons (Fsp3) is 0.536. The number of hydrogen-bond donors (Lipinski definition) is 8. The summed E-state index contributed by atoms with van der Waals surface area (Å²) in [5.74, 6) is -5.14. The predicted molar refractivity (Wildman–Crippen MR) is 155 cm³/mol. The van der Waals surface area contributed by atoms with E-state index in [2.05, 4.69) is 10.3 Å². The number of guanidine groups is 1. The van der Waals surface area contributed by atoms with Gasteiger partial charge >= 0.3 is 0 Å². The molecule has 224 valence electrons. The van der Waals surface area contributed by atoms with Gasteiger partial charge in [-0.1, -0.05) is 13.8 Å². The van der Waals surface area contributed by atoms with E-state index in [1.807, 2.05) is 13.8 Å². The van der Waals surface area contributed by atoms with Crippen molar-refractivity contribution in [3.05, 3.63) is 34.1 Å². The van der Waals surface area contributed by atoms with Crippen LogP contribution in [0.4, 0.5) is 11.4 Å². The van der Waals surface area contributed by atoms with Gasteiger partial charge in [0.15, 0.2) is 17.3 Å². The molecule has 0 heterocycles. The van der Waals surface area contributed by atoms with Crippen LogP contribution in [0, 0.1) is 17.8 Å². The number of Topliss-reactive ketones (excluding diaryl/α,β-unsaturated/α-hetero) is 2. The predicted octanol–water partition coefficient (Wildman–Crippen LogP) is 0.204. The number of benzene rings is 1. The van der Waals surface area contributed by atoms with Crippen molar-refractivity contribution in [3.8, 4) is 5.75 Å². The van der Waals surface area contributed by atoms with Crippen LogP contribution in [0.5, 0.6) is 5.75 Å². The second-order valence-corrected chi connectivity index (χ2v) is 11.9. The number of carbonyl (C=O) groups excluding carboxylic acids is 2. The molecule has 1 unspecified atom stereocenters. The van der Waals surface area contributed by atoms with Crippen molar-refractivity contribution in [2.45, 2.75) is 44.6 Å². The standard InChI is InChI=1S/C28H40N6O7/c1-11(2)10-31-27(30)32-15-9-16(33(3)4)13-7-12-8-14-20(34(5)6)23(37)19(26(29)40)25(39)28(14,41)24(38)17(12)22(36)18(13)21(15)35/h9,11-12,14,20,26,35-36,39-41H,7-8,10,29H2,1-6H3,(H3,30,31,32)/t12-,14-,20-,26?,28-/m0/s1. The average molecular weight is 573 g/mol. The molecule has 0 radical (unpaired) electrons. The largest absolute Gasteiger partial charge is 0.508 e. The Morgan fingerprint density at radius 1 is 1.20 bits per heavy atom. The maximum absolute atomic E-state index is 14.1. The molecule has 5 atom stereocenters. The third-order valence-corrected chi connectivity index (χ3v) is 8.16. The van der Waals surface area contributed by atoms with E-state index in [0.717, 1.165) is 0 Å². The van der Waals surface area contributed by atoms with Crippen LogP contribution in [0.15, 0.2) is 28.0 Å². The molecule has 1 aromatic carbocycles. The smallest absolute Gasteiger partial charge is 0.202 e. The second-order valence-electron chi connectivity index (χ2n) is 11.9. The molecular formula is C28H40N6O7. The summed E-state index contributed by atoms with van der Waals surface area (Å²) in [7, 11) is 6.75. The van der Waals surface area contributed by atoms with Gasteiger partial charge in [0, 0.05) is 37.8 Å². The van der Waals surface area contributed by atoms with Crippen molar-refractivity contribution in [2.75, 3.05) is 45.0 Å². The van der Waals surface area contributed by atoms with E-state index >= 15 is 0 Å². The molecular weight excluding hydrogens is 532 g/mol. The van der Waals surface area contributed by atoms with Crippen LogP contribution in [-0.2, 0) is 16.0 Å². The lowest BCUT2D eigenvalue weighted by Gasteiger charge is -2.50. The minimum absolute atomic E-state index is 0.0180. The van der Waals surface area contributed by atoms with Crippen LogP contribution >= 0.6 is 0 Å². The summed E-state index contributed by atoms with van der Waals surface area (Å²) in [6.07, 6.45) is -1.72. The number of nitrogens with one attached hydrogen (secondary N) is 1. The van der Waals surface area contributed by atoms with Crippen molar-refractivity contribution in [1.82, 2.24) is 4.90 Å². The quantitative estimate of drug-likeness (QED) is 0.0992. The van der Waals surface area contributed by atoms with Gasteiger partial charge < -0.3 is 47.2 Å². The molecule has 10 N–H and O–H groups in total. The Bertz CT molecular complexity index is 1380. The number of rotatable bonds is 6. The first-order chi connectivity index (χ1) is 19.0. The van der Waals surface area contributed by atoms with E-state index in [4.69, 9.17) is 11.5 Å². The van der Waals surface area contributed by atoms with Crippen LogP contribution in [0.25, 0.3) is 5.76 Å². The third kappa shape index (κ3) is 4.72. The van der Waals surface area contributed by atoms with Crippen molar-refractivity contribution < 1.29 is 35.1 Å². The summed E-state index contributed by atoms with van der Waals surface area (Å²) in [5.41, 5.74) is 9.43. The van der Waals surface area contributed by atoms with Gasteiger partial charge in [-0.15, -0.1) is 0 Å². The number of nitrogens with two attached hydrogens (primary N) is 2. The number of fused-ring (bicyclic) bond motifs is 3. The highest BCUT2D eigenvalue weighted by Crippen LogP contribution is 2.54. The van der Waals surface area contributed by atoms with Gasteiger partial charge in [-0.25, -0.2) is 0 Å². The summed E-state index contributed by atoms with van der Waals surface area (Å²) in [4.78, 5) is 34.9. The van der Waals surface area contributed by atoms with Crippen LogP contribution in [-0.4, -0.2) is 101 Å². The number of aliphatic imine (C=N–C) groups is 1. The van der Waals surface area contributed by atoms with Crippen molar-refractivity contribution in [2.24, 2.45) is 34.2 Å². The average Bonchev–Trinajstić information content (AvgIpc) is 2.85. The monoisotopic (exact) mass is 572 g/mol. The van der Waals surface area contributed by atoms with Crippen LogP contribution in [0.2, 0.25) is 0 Å². The molecule has 0 aromatic heterocycles. The summed E-state index contributed by atoms with van der Waals surface area (Å²) in [5, 5.41) is 58.7. The molecule has 4 rings (SSSR count). The van der Waals surface area contributed by atoms with Gasteiger partial charge in [0.25, 0.3) is 0 Å². The molecule has 13 heteroatoms. The van der Waals surface area contributed by atoms with E-state index in [0.29, 0.717) is 17.8 Å². The topological polar surface area (TPSA) is 218 Å². The first-order valence-electron chi connectivity index (χ1n) is 13.5. The minimum Gasteiger partial charge on any atom is -0.508 e. The van der Waals surface area contributed by atoms with Crippen molar-refractivity contribution in [3.63, 3.8) is 0 Å². The highest BCUT2D eigenvalue weighted by molar-refractivity contribution is 6.14. The van der Waals surface area contributed by atoms with E-state index < -0.39 is 58.4 Å². The molecule has 0 saturated heterocycles. The number of aromatic hydroxyl groups is 1. The Kier molecular flexibility index (Phi) is 7.86. The number of aliphatic hydroxyl groups excluding tert-OH is 3. The van der Waals surface area contributed by atoms with E-state index in [-0.39, 0.29) is 47.3 Å². The number of ketones is 2. The zero-order chi connectivity index (χ0) is 30.7. The maximum Gasteiger partial charge on any atom is 0.202 e. The molecule has 0 aliphatic heterocycles. The Labute approximate surface area is 238 Å². The summed E-state index contributed by atoms with van der Waals surface area (Å²) in [6, 6.07) is 0.584. The fourth-order valence-corrected chi connectivity index (χ4v) is 6.32. The first-order valence-corrected chi connectivity index (χ1v) is 13.5. The van der Waals surface area contributed by atoms with Crippen molar-refractivity contribution >= 4 is 34.7 Å². The molecule has 3 aliphatic carbocycles. The van der Waals surface area contributed by atoms with Gasteiger partial charge in [0.05, 0.1) is 22.9 Å². The lowest BCUT2D eigenvalue weighted by Crippen LogP contribution is -2.66. The van der Waals surface area contributed by atoms with Crippen molar-refractivity contribution in [1.29, 1.82) is 0 Å². The Hall–Kier alpha value is -3.65. The number of likely N-dealkylation sites (N-methyl/N-ethyl adjacent to an activating group) is 1. The molecule has 13 nitrogen and oxygen atoms in total. The summed E-state index contributed by atoms with van der Waals surface area (Å²) in [6.45, 7) is 4.40. The van der Waals surface area contributed by atoms with E-state index in [9.17, 15) is 35.1 Å². The van der Waals surface area contributed by atoms with Gasteiger partial charge in [0.1, 0.15) is 23.5 Å². The van der Waals surface area contributed by atoms with Gasteiger partial charge in [-0.2, -0.15) is 0 Å². The zero-order valence-electron chi connectivity index (χ0n) is 24.1. The highest BCUT2D eigenvalue weighted by Gasteiger charge is 2.64. The maximum atomic E-state index is 14.1. The minimum atomic E-state index is -2.64. The number of phenolic OH excluding ortho intramolecular Hbond substituents is 1. The van der Waals surface area contributed by atoms with Crippen LogP contribution < -0.4 is 21.7 Å².